The molecule has 0 fully saturated rings. The Hall–Kier alpha value is -3.26. The van der Waals surface area contributed by atoms with Crippen molar-refractivity contribution in [2.24, 2.45) is 0 Å². The van der Waals surface area contributed by atoms with Crippen molar-refractivity contribution in [3.63, 3.8) is 0 Å². The molecule has 2 aromatic heterocycles. The summed E-state index contributed by atoms with van der Waals surface area (Å²) in [5.41, 5.74) is 2.81. The zero-order valence-corrected chi connectivity index (χ0v) is 18.7. The fourth-order valence-corrected chi connectivity index (χ4v) is 4.74. The highest BCUT2D eigenvalue weighted by atomic mass is 32.2. The van der Waals surface area contributed by atoms with Crippen LogP contribution in [0.5, 0.6) is 0 Å². The van der Waals surface area contributed by atoms with Gasteiger partial charge in [-0.05, 0) is 56.2 Å². The number of carbonyl (C=O) groups is 1. The summed E-state index contributed by atoms with van der Waals surface area (Å²) in [6, 6.07) is 14.1. The van der Waals surface area contributed by atoms with E-state index < -0.39 is 10.0 Å². The van der Waals surface area contributed by atoms with Crippen LogP contribution in [0.3, 0.4) is 0 Å². The number of amides is 1. The molecule has 0 atom stereocenters. The van der Waals surface area contributed by atoms with Crippen LogP contribution in [-0.2, 0) is 21.4 Å². The summed E-state index contributed by atoms with van der Waals surface area (Å²) in [6.45, 7) is 5.95. The number of anilines is 1. The summed E-state index contributed by atoms with van der Waals surface area (Å²) in [6.07, 6.45) is 4.81. The lowest BCUT2D eigenvalue weighted by atomic mass is 10.2. The Morgan fingerprint density at radius 1 is 1.00 bits per heavy atom. The minimum absolute atomic E-state index is 0.0568. The second-order valence-electron chi connectivity index (χ2n) is 7.24. The molecule has 2 heterocycles. The van der Waals surface area contributed by atoms with Crippen LogP contribution < -0.4 is 4.31 Å². The van der Waals surface area contributed by atoms with Crippen LogP contribution in [0, 0.1) is 13.8 Å². The average molecular weight is 439 g/mol. The van der Waals surface area contributed by atoms with E-state index in [4.69, 9.17) is 0 Å². The van der Waals surface area contributed by atoms with Crippen LogP contribution in [0.4, 0.5) is 5.69 Å². The molecular weight excluding hydrogens is 412 g/mol. The Morgan fingerprint density at radius 2 is 1.71 bits per heavy atom. The summed E-state index contributed by atoms with van der Waals surface area (Å²) >= 11 is 0. The zero-order valence-electron chi connectivity index (χ0n) is 17.9. The van der Waals surface area contributed by atoms with Gasteiger partial charge in [0.25, 0.3) is 10.0 Å². The molecule has 3 aromatic rings. The highest BCUT2D eigenvalue weighted by molar-refractivity contribution is 7.92. The number of nitrogens with zero attached hydrogens (tertiary/aromatic N) is 4. The molecule has 3 rings (SSSR count). The van der Waals surface area contributed by atoms with Crippen LogP contribution in [-0.4, -0.2) is 42.3 Å². The number of hydrogen-bond acceptors (Lipinski definition) is 5. The SMILES string of the molecule is CCN(Cc1cccnc1)C(=O)CN(c1ccc(C)cc1)S(=O)(=O)c1ncccc1C. The first-order valence-electron chi connectivity index (χ1n) is 10.0. The Kier molecular flexibility index (Phi) is 7.02. The van der Waals surface area contributed by atoms with E-state index in [9.17, 15) is 13.2 Å². The lowest BCUT2D eigenvalue weighted by Gasteiger charge is -2.28. The van der Waals surface area contributed by atoms with E-state index in [1.165, 1.54) is 6.20 Å². The van der Waals surface area contributed by atoms with Crippen molar-refractivity contribution in [3.8, 4) is 0 Å². The number of likely N-dealkylation sites (N-methyl/N-ethyl adjacent to an activating group) is 1. The number of sulfonamides is 1. The summed E-state index contributed by atoms with van der Waals surface area (Å²) in [4.78, 5) is 23.0. The largest absolute Gasteiger partial charge is 0.337 e. The maximum absolute atomic E-state index is 13.5. The molecule has 0 bridgehead atoms. The van der Waals surface area contributed by atoms with Gasteiger partial charge in [-0.3, -0.25) is 14.1 Å². The van der Waals surface area contributed by atoms with Gasteiger partial charge in [0, 0.05) is 31.7 Å². The predicted molar refractivity (Wildman–Crippen MR) is 120 cm³/mol. The molecule has 8 heteroatoms. The lowest BCUT2D eigenvalue weighted by Crippen LogP contribution is -2.43. The summed E-state index contributed by atoms with van der Waals surface area (Å²) < 4.78 is 28.2. The lowest BCUT2D eigenvalue weighted by molar-refractivity contribution is -0.129. The molecule has 0 aliphatic heterocycles. The number of benzene rings is 1. The third-order valence-electron chi connectivity index (χ3n) is 4.93. The maximum Gasteiger partial charge on any atom is 0.282 e. The van der Waals surface area contributed by atoms with E-state index in [2.05, 4.69) is 9.97 Å². The zero-order chi connectivity index (χ0) is 22.4. The van der Waals surface area contributed by atoms with Crippen molar-refractivity contribution in [3.05, 3.63) is 83.8 Å². The second-order valence-corrected chi connectivity index (χ2v) is 9.02. The van der Waals surface area contributed by atoms with Crippen LogP contribution in [0.25, 0.3) is 0 Å². The molecule has 7 nitrogen and oxygen atoms in total. The number of carbonyl (C=O) groups excluding carboxylic acids is 1. The molecule has 31 heavy (non-hydrogen) atoms. The van der Waals surface area contributed by atoms with Crippen molar-refractivity contribution in [2.75, 3.05) is 17.4 Å². The Morgan fingerprint density at radius 3 is 2.32 bits per heavy atom. The molecule has 1 aromatic carbocycles. The molecule has 0 aliphatic carbocycles. The van der Waals surface area contributed by atoms with Gasteiger partial charge in [0.05, 0.1) is 5.69 Å². The van der Waals surface area contributed by atoms with E-state index in [0.717, 1.165) is 15.4 Å². The van der Waals surface area contributed by atoms with E-state index in [-0.39, 0.29) is 17.5 Å². The Labute approximate surface area is 183 Å². The van der Waals surface area contributed by atoms with E-state index in [1.54, 1.807) is 54.5 Å². The molecular formula is C23H26N4O3S. The topological polar surface area (TPSA) is 83.5 Å². The molecule has 0 saturated carbocycles. The number of hydrogen-bond donors (Lipinski definition) is 0. The average Bonchev–Trinajstić information content (AvgIpc) is 2.77. The van der Waals surface area contributed by atoms with Gasteiger partial charge in [-0.1, -0.05) is 29.8 Å². The van der Waals surface area contributed by atoms with Crippen molar-refractivity contribution < 1.29 is 13.2 Å². The van der Waals surface area contributed by atoms with Crippen LogP contribution in [0.2, 0.25) is 0 Å². The summed E-state index contributed by atoms with van der Waals surface area (Å²) in [5, 5.41) is -0.0568. The van der Waals surface area contributed by atoms with Crippen molar-refractivity contribution in [1.82, 2.24) is 14.9 Å². The number of pyridine rings is 2. The van der Waals surface area contributed by atoms with Gasteiger partial charge in [-0.25, -0.2) is 4.98 Å². The summed E-state index contributed by atoms with van der Waals surface area (Å²) in [7, 11) is -4.04. The molecule has 0 unspecified atom stereocenters. The van der Waals surface area contributed by atoms with Gasteiger partial charge >= 0.3 is 0 Å². The molecule has 0 radical (unpaired) electrons. The Bertz CT molecular complexity index is 1130. The molecule has 0 N–H and O–H groups in total. The monoisotopic (exact) mass is 438 g/mol. The van der Waals surface area contributed by atoms with Crippen molar-refractivity contribution in [1.29, 1.82) is 0 Å². The van der Waals surface area contributed by atoms with Crippen LogP contribution >= 0.6 is 0 Å². The van der Waals surface area contributed by atoms with Gasteiger partial charge in [-0.2, -0.15) is 8.42 Å². The fourth-order valence-electron chi connectivity index (χ4n) is 3.18. The number of aryl methyl sites for hydroxylation is 2. The predicted octanol–water partition coefficient (Wildman–Crippen LogP) is 3.34. The minimum Gasteiger partial charge on any atom is -0.337 e. The molecule has 0 aliphatic rings. The van der Waals surface area contributed by atoms with E-state index in [1.807, 2.05) is 32.0 Å². The van der Waals surface area contributed by atoms with Crippen molar-refractivity contribution in [2.45, 2.75) is 32.3 Å². The van der Waals surface area contributed by atoms with Gasteiger partial charge in [0.15, 0.2) is 5.03 Å². The number of aromatic nitrogens is 2. The first-order valence-corrected chi connectivity index (χ1v) is 11.4. The third kappa shape index (κ3) is 5.27. The minimum atomic E-state index is -4.04. The van der Waals surface area contributed by atoms with Crippen LogP contribution in [0.1, 0.15) is 23.6 Å². The normalized spacial score (nSPS) is 11.2. The third-order valence-corrected chi connectivity index (χ3v) is 6.76. The van der Waals surface area contributed by atoms with Gasteiger partial charge in [-0.15, -0.1) is 0 Å². The maximum atomic E-state index is 13.5. The molecule has 162 valence electrons. The first kappa shape index (κ1) is 22.4. The fraction of sp³-hybridized carbons (Fsp3) is 0.261. The molecule has 0 saturated heterocycles. The van der Waals surface area contributed by atoms with Crippen LogP contribution in [0.15, 0.2) is 72.1 Å². The Balaban J connectivity index is 1.96. The second kappa shape index (κ2) is 9.70. The number of rotatable bonds is 8. The smallest absolute Gasteiger partial charge is 0.282 e. The van der Waals surface area contributed by atoms with Gasteiger partial charge in [0.1, 0.15) is 6.54 Å². The van der Waals surface area contributed by atoms with Gasteiger partial charge in [0.2, 0.25) is 5.91 Å². The van der Waals surface area contributed by atoms with Gasteiger partial charge < -0.3 is 4.90 Å². The first-order chi connectivity index (χ1) is 14.8. The quantitative estimate of drug-likeness (QED) is 0.539. The summed E-state index contributed by atoms with van der Waals surface area (Å²) in [5.74, 6) is -0.302. The standard InChI is InChI=1S/C23H26N4O3S/c1-4-26(16-20-8-6-13-24-15-20)22(28)17-27(21-11-9-18(2)10-12-21)31(29,30)23-19(3)7-5-14-25-23/h5-15H,4,16-17H2,1-3H3. The molecule has 1 amide bonds. The van der Waals surface area contributed by atoms with E-state index in [0.29, 0.717) is 24.3 Å². The van der Waals surface area contributed by atoms with Crippen molar-refractivity contribution >= 4 is 21.6 Å². The highest BCUT2D eigenvalue weighted by Gasteiger charge is 2.31. The molecule has 0 spiro atoms. The highest BCUT2D eigenvalue weighted by Crippen LogP contribution is 2.25. The van der Waals surface area contributed by atoms with E-state index >= 15 is 0 Å².